The van der Waals surface area contributed by atoms with Gasteiger partial charge in [-0.3, -0.25) is 4.79 Å². The van der Waals surface area contributed by atoms with Gasteiger partial charge in [-0.25, -0.2) is 4.79 Å². The smallest absolute Gasteiger partial charge is 0.339 e. The van der Waals surface area contributed by atoms with Gasteiger partial charge in [0, 0.05) is 6.04 Å². The van der Waals surface area contributed by atoms with Crippen molar-refractivity contribution in [3.63, 3.8) is 0 Å². The molecule has 2 aliphatic rings. The summed E-state index contributed by atoms with van der Waals surface area (Å²) in [5, 5.41) is 2.92. The van der Waals surface area contributed by atoms with Crippen LogP contribution in [0.25, 0.3) is 0 Å². The Bertz CT molecular complexity index is 595. The summed E-state index contributed by atoms with van der Waals surface area (Å²) < 4.78 is 16.1. The summed E-state index contributed by atoms with van der Waals surface area (Å²) in [5.74, 6) is 0.340. The number of amides is 1. The fraction of sp³-hybridized carbons (Fsp3) is 0.529. The van der Waals surface area contributed by atoms with Crippen molar-refractivity contribution >= 4 is 11.9 Å². The molecule has 0 saturated heterocycles. The summed E-state index contributed by atoms with van der Waals surface area (Å²) in [6.07, 6.45) is 3.44. The van der Waals surface area contributed by atoms with Gasteiger partial charge in [0.25, 0.3) is 5.91 Å². The summed E-state index contributed by atoms with van der Waals surface area (Å²) in [4.78, 5) is 24.2. The van der Waals surface area contributed by atoms with Crippen LogP contribution in [0.3, 0.4) is 0 Å². The second kappa shape index (κ2) is 6.89. The summed E-state index contributed by atoms with van der Waals surface area (Å²) in [5.41, 5.74) is 0.342. The molecule has 0 radical (unpaired) electrons. The highest BCUT2D eigenvalue weighted by Gasteiger charge is 2.24. The molecular weight excluding hydrogens is 298 g/mol. The molecule has 1 atom stereocenters. The minimum Gasteiger partial charge on any atom is -0.486 e. The first-order valence-electron chi connectivity index (χ1n) is 8.04. The van der Waals surface area contributed by atoms with Crippen molar-refractivity contribution in [1.29, 1.82) is 0 Å². The van der Waals surface area contributed by atoms with Crippen molar-refractivity contribution in [2.24, 2.45) is 0 Å². The molecule has 1 aliphatic heterocycles. The summed E-state index contributed by atoms with van der Waals surface area (Å²) in [6.45, 7) is 2.53. The van der Waals surface area contributed by atoms with E-state index in [-0.39, 0.29) is 11.9 Å². The molecule has 0 bridgehead atoms. The Hall–Kier alpha value is -2.24. The van der Waals surface area contributed by atoms with Gasteiger partial charge in [0.05, 0.1) is 5.56 Å². The first kappa shape index (κ1) is 15.6. The largest absolute Gasteiger partial charge is 0.486 e. The molecule has 1 aliphatic carbocycles. The normalized spacial score (nSPS) is 18.3. The van der Waals surface area contributed by atoms with Crippen molar-refractivity contribution < 1.29 is 23.8 Å². The predicted octanol–water partition coefficient (Wildman–Crippen LogP) is 2.06. The van der Waals surface area contributed by atoms with E-state index in [4.69, 9.17) is 14.2 Å². The van der Waals surface area contributed by atoms with Gasteiger partial charge in [0.2, 0.25) is 0 Å². The minimum absolute atomic E-state index is 0.206. The van der Waals surface area contributed by atoms with Gasteiger partial charge in [-0.05, 0) is 38.0 Å². The Labute approximate surface area is 135 Å². The molecule has 1 aromatic carbocycles. The van der Waals surface area contributed by atoms with Crippen molar-refractivity contribution in [1.82, 2.24) is 5.32 Å². The maximum atomic E-state index is 12.2. The molecule has 6 nitrogen and oxygen atoms in total. The van der Waals surface area contributed by atoms with E-state index in [1.165, 1.54) is 0 Å². The highest BCUT2D eigenvalue weighted by Crippen LogP contribution is 2.31. The number of ether oxygens (including phenoxy) is 3. The number of rotatable bonds is 4. The maximum Gasteiger partial charge on any atom is 0.339 e. The van der Waals surface area contributed by atoms with Crippen LogP contribution in [0.1, 0.15) is 43.0 Å². The van der Waals surface area contributed by atoms with Gasteiger partial charge in [0.1, 0.15) is 13.2 Å². The predicted molar refractivity (Wildman–Crippen MR) is 82.7 cm³/mol. The monoisotopic (exact) mass is 319 g/mol. The van der Waals surface area contributed by atoms with E-state index in [9.17, 15) is 9.59 Å². The number of hydrogen-bond acceptors (Lipinski definition) is 5. The van der Waals surface area contributed by atoms with Crippen LogP contribution < -0.4 is 14.8 Å². The number of benzene rings is 1. The zero-order valence-corrected chi connectivity index (χ0v) is 13.2. The van der Waals surface area contributed by atoms with Crippen LogP contribution in [0.5, 0.6) is 11.5 Å². The quantitative estimate of drug-likeness (QED) is 0.860. The molecule has 124 valence electrons. The SMILES string of the molecule is CC(OC(=O)c1ccc2c(c1)OCCO2)C(=O)NC1CCCC1. The van der Waals surface area contributed by atoms with E-state index in [0.717, 1.165) is 25.7 Å². The van der Waals surface area contributed by atoms with Crippen molar-refractivity contribution in [3.05, 3.63) is 23.8 Å². The first-order valence-corrected chi connectivity index (χ1v) is 8.04. The molecule has 1 unspecified atom stereocenters. The Kier molecular flexibility index (Phi) is 4.69. The standard InChI is InChI=1S/C17H21NO5/c1-11(16(19)18-13-4-2-3-5-13)23-17(20)12-6-7-14-15(10-12)22-9-8-21-14/h6-7,10-11,13H,2-5,8-9H2,1H3,(H,18,19). The lowest BCUT2D eigenvalue weighted by molar-refractivity contribution is -0.129. The van der Waals surface area contributed by atoms with Gasteiger partial charge in [0.15, 0.2) is 17.6 Å². The van der Waals surface area contributed by atoms with Crippen molar-refractivity contribution in [2.75, 3.05) is 13.2 Å². The molecule has 23 heavy (non-hydrogen) atoms. The third kappa shape index (κ3) is 3.75. The second-order valence-corrected chi connectivity index (χ2v) is 5.90. The molecule has 1 aromatic rings. The summed E-state index contributed by atoms with van der Waals surface area (Å²) >= 11 is 0. The lowest BCUT2D eigenvalue weighted by Gasteiger charge is -2.19. The summed E-state index contributed by atoms with van der Waals surface area (Å²) in [7, 11) is 0. The molecule has 1 fully saturated rings. The molecule has 1 amide bonds. The number of carbonyl (C=O) groups is 2. The Morgan fingerprint density at radius 2 is 1.87 bits per heavy atom. The maximum absolute atomic E-state index is 12.2. The lowest BCUT2D eigenvalue weighted by atomic mass is 10.2. The molecular formula is C17H21NO5. The number of fused-ring (bicyclic) bond motifs is 1. The minimum atomic E-state index is -0.823. The second-order valence-electron chi connectivity index (χ2n) is 5.90. The number of esters is 1. The Morgan fingerprint density at radius 1 is 1.17 bits per heavy atom. The zero-order chi connectivity index (χ0) is 16.2. The topological polar surface area (TPSA) is 73.9 Å². The highest BCUT2D eigenvalue weighted by atomic mass is 16.6. The lowest BCUT2D eigenvalue weighted by Crippen LogP contribution is -2.40. The highest BCUT2D eigenvalue weighted by molar-refractivity contribution is 5.92. The van der Waals surface area contributed by atoms with E-state index >= 15 is 0 Å². The third-order valence-electron chi connectivity index (χ3n) is 4.13. The molecule has 3 rings (SSSR count). The molecule has 0 spiro atoms. The van der Waals surface area contributed by atoms with Crippen LogP contribution in [-0.4, -0.2) is 37.2 Å². The molecule has 1 saturated carbocycles. The van der Waals surface area contributed by atoms with Crippen molar-refractivity contribution in [2.45, 2.75) is 44.8 Å². The Balaban J connectivity index is 1.58. The average molecular weight is 319 g/mol. The van der Waals surface area contributed by atoms with Gasteiger partial charge in [-0.1, -0.05) is 12.8 Å². The van der Waals surface area contributed by atoms with Crippen LogP contribution in [-0.2, 0) is 9.53 Å². The Morgan fingerprint density at radius 3 is 2.61 bits per heavy atom. The number of nitrogens with one attached hydrogen (secondary N) is 1. The number of hydrogen-bond donors (Lipinski definition) is 1. The fourth-order valence-corrected chi connectivity index (χ4v) is 2.84. The van der Waals surface area contributed by atoms with Crippen LogP contribution >= 0.6 is 0 Å². The average Bonchev–Trinajstić information content (AvgIpc) is 3.07. The van der Waals surface area contributed by atoms with Crippen LogP contribution in [0, 0.1) is 0 Å². The van der Waals surface area contributed by atoms with Crippen LogP contribution in [0.2, 0.25) is 0 Å². The van der Waals surface area contributed by atoms with E-state index < -0.39 is 12.1 Å². The van der Waals surface area contributed by atoms with Crippen LogP contribution in [0.4, 0.5) is 0 Å². The number of carbonyl (C=O) groups excluding carboxylic acids is 2. The molecule has 0 aromatic heterocycles. The molecule has 1 heterocycles. The first-order chi connectivity index (χ1) is 11.1. The van der Waals surface area contributed by atoms with Gasteiger partial charge in [-0.2, -0.15) is 0 Å². The fourth-order valence-electron chi connectivity index (χ4n) is 2.84. The van der Waals surface area contributed by atoms with Gasteiger partial charge >= 0.3 is 5.97 Å². The van der Waals surface area contributed by atoms with Crippen molar-refractivity contribution in [3.8, 4) is 11.5 Å². The molecule has 1 N–H and O–H groups in total. The van der Waals surface area contributed by atoms with E-state index in [1.54, 1.807) is 25.1 Å². The van der Waals surface area contributed by atoms with Gasteiger partial charge in [-0.15, -0.1) is 0 Å². The summed E-state index contributed by atoms with van der Waals surface area (Å²) in [6, 6.07) is 5.07. The van der Waals surface area contributed by atoms with E-state index in [0.29, 0.717) is 30.3 Å². The zero-order valence-electron chi connectivity index (χ0n) is 13.2. The molecule has 6 heteroatoms. The van der Waals surface area contributed by atoms with E-state index in [1.807, 2.05) is 0 Å². The van der Waals surface area contributed by atoms with Crippen LogP contribution in [0.15, 0.2) is 18.2 Å². The third-order valence-corrected chi connectivity index (χ3v) is 4.13. The van der Waals surface area contributed by atoms with E-state index in [2.05, 4.69) is 5.32 Å². The van der Waals surface area contributed by atoms with Gasteiger partial charge < -0.3 is 19.5 Å².